The van der Waals surface area contributed by atoms with Crippen LogP contribution in [0.15, 0.2) is 40.2 Å². The van der Waals surface area contributed by atoms with Gasteiger partial charge in [-0.1, -0.05) is 0 Å². The summed E-state index contributed by atoms with van der Waals surface area (Å²) in [6.07, 6.45) is 1.73. The van der Waals surface area contributed by atoms with Gasteiger partial charge in [-0.15, -0.1) is 0 Å². The van der Waals surface area contributed by atoms with Crippen LogP contribution in [0.3, 0.4) is 0 Å². The van der Waals surface area contributed by atoms with Gasteiger partial charge in [-0.05, 0) is 55.4 Å². The Morgan fingerprint density at radius 2 is 1.96 bits per heavy atom. The number of benzene rings is 1. The number of aliphatic imine (C=N–C) groups is 1. The number of hydrogen-bond acceptors (Lipinski definition) is 5. The second-order valence-electron chi connectivity index (χ2n) is 5.95. The zero-order chi connectivity index (χ0) is 19.7. The quantitative estimate of drug-likeness (QED) is 0.497. The fourth-order valence-electron chi connectivity index (χ4n) is 2.81. The van der Waals surface area contributed by atoms with Crippen molar-refractivity contribution in [2.75, 3.05) is 0 Å². The van der Waals surface area contributed by atoms with Crippen molar-refractivity contribution in [3.63, 3.8) is 0 Å². The molecule has 2 heterocycles. The van der Waals surface area contributed by atoms with E-state index in [0.29, 0.717) is 4.91 Å². The van der Waals surface area contributed by atoms with E-state index < -0.39 is 10.8 Å². The molecular weight excluding hydrogens is 368 g/mol. The average molecular weight is 384 g/mol. The molecule has 0 saturated carbocycles. The maximum Gasteiger partial charge on any atom is 0.286 e. The maximum absolute atomic E-state index is 12.0. The van der Waals surface area contributed by atoms with Crippen LogP contribution >= 0.6 is 11.8 Å². The summed E-state index contributed by atoms with van der Waals surface area (Å²) in [7, 11) is 0. The SMILES string of the molecule is CC(=O)NC1=NC(=O)C(=Cc2cc(C)n(-c3ccc([N+](=O)[O-])cc3)c2C)S1. The van der Waals surface area contributed by atoms with E-state index in [1.807, 2.05) is 24.5 Å². The number of hydrogen-bond donors (Lipinski definition) is 1. The molecule has 1 aliphatic heterocycles. The zero-order valence-corrected chi connectivity index (χ0v) is 15.7. The molecule has 3 rings (SSSR count). The molecule has 1 aliphatic rings. The van der Waals surface area contributed by atoms with Crippen LogP contribution in [0.1, 0.15) is 23.9 Å². The molecule has 2 amide bonds. The molecule has 1 aromatic heterocycles. The number of thioether (sulfide) groups is 1. The highest BCUT2D eigenvalue weighted by Gasteiger charge is 2.23. The zero-order valence-electron chi connectivity index (χ0n) is 14.8. The number of carbonyl (C=O) groups is 2. The fraction of sp³-hybridized carbons (Fsp3) is 0.167. The van der Waals surface area contributed by atoms with Crippen molar-refractivity contribution in [1.82, 2.24) is 9.88 Å². The summed E-state index contributed by atoms with van der Waals surface area (Å²) in [5, 5.41) is 13.6. The number of nitrogens with zero attached hydrogens (tertiary/aromatic N) is 3. The second kappa shape index (κ2) is 7.20. The minimum atomic E-state index is -0.440. The Balaban J connectivity index is 1.92. The van der Waals surface area contributed by atoms with Crippen LogP contribution in [0.2, 0.25) is 0 Å². The van der Waals surface area contributed by atoms with Crippen LogP contribution in [0, 0.1) is 24.0 Å². The molecule has 0 fully saturated rings. The first-order chi connectivity index (χ1) is 12.8. The molecule has 27 heavy (non-hydrogen) atoms. The predicted octanol–water partition coefficient (Wildman–Crippen LogP) is 3.11. The van der Waals surface area contributed by atoms with Crippen LogP contribution in [0.4, 0.5) is 5.69 Å². The Morgan fingerprint density at radius 1 is 1.30 bits per heavy atom. The topological polar surface area (TPSA) is 107 Å². The first-order valence-electron chi connectivity index (χ1n) is 8.00. The van der Waals surface area contributed by atoms with Crippen molar-refractivity contribution in [1.29, 1.82) is 0 Å². The molecular formula is C18H16N4O4S. The largest absolute Gasteiger partial charge is 0.318 e. The molecule has 8 nitrogen and oxygen atoms in total. The molecule has 0 saturated heterocycles. The van der Waals surface area contributed by atoms with Gasteiger partial charge in [-0.3, -0.25) is 19.7 Å². The lowest BCUT2D eigenvalue weighted by Crippen LogP contribution is -2.23. The number of aromatic nitrogens is 1. The summed E-state index contributed by atoms with van der Waals surface area (Å²) in [6, 6.07) is 8.20. The molecule has 0 unspecified atom stereocenters. The van der Waals surface area contributed by atoms with Gasteiger partial charge in [0.15, 0.2) is 5.17 Å². The summed E-state index contributed by atoms with van der Waals surface area (Å²) >= 11 is 1.11. The summed E-state index contributed by atoms with van der Waals surface area (Å²) in [6.45, 7) is 5.17. The van der Waals surface area contributed by atoms with E-state index in [0.717, 1.165) is 34.4 Å². The molecule has 2 aromatic rings. The second-order valence-corrected chi connectivity index (χ2v) is 6.98. The first-order valence-corrected chi connectivity index (χ1v) is 8.82. The smallest absolute Gasteiger partial charge is 0.286 e. The maximum atomic E-state index is 12.0. The number of amidine groups is 1. The van der Waals surface area contributed by atoms with Crippen molar-refractivity contribution < 1.29 is 14.5 Å². The Hall–Kier alpha value is -3.20. The number of carbonyl (C=O) groups excluding carboxylic acids is 2. The molecule has 138 valence electrons. The van der Waals surface area contributed by atoms with Gasteiger partial charge in [0.05, 0.1) is 9.83 Å². The minimum absolute atomic E-state index is 0.0270. The van der Waals surface area contributed by atoms with Crippen LogP contribution in [-0.4, -0.2) is 26.5 Å². The van der Waals surface area contributed by atoms with Crippen LogP contribution < -0.4 is 5.32 Å². The van der Waals surface area contributed by atoms with E-state index in [-0.39, 0.29) is 16.8 Å². The van der Waals surface area contributed by atoms with Gasteiger partial charge in [0, 0.05) is 36.1 Å². The Bertz CT molecular complexity index is 1020. The van der Waals surface area contributed by atoms with Gasteiger partial charge in [-0.2, -0.15) is 4.99 Å². The monoisotopic (exact) mass is 384 g/mol. The molecule has 0 bridgehead atoms. The van der Waals surface area contributed by atoms with E-state index in [1.54, 1.807) is 18.2 Å². The molecule has 9 heteroatoms. The third-order valence-corrected chi connectivity index (χ3v) is 4.88. The normalized spacial score (nSPS) is 15.1. The van der Waals surface area contributed by atoms with Gasteiger partial charge < -0.3 is 9.88 Å². The van der Waals surface area contributed by atoms with E-state index in [9.17, 15) is 19.7 Å². The van der Waals surface area contributed by atoms with Gasteiger partial charge in [0.1, 0.15) is 0 Å². The first kappa shape index (κ1) is 18.6. The fourth-order valence-corrected chi connectivity index (χ4v) is 3.66. The molecule has 0 atom stereocenters. The molecule has 0 aliphatic carbocycles. The van der Waals surface area contributed by atoms with E-state index in [1.165, 1.54) is 19.1 Å². The molecule has 0 radical (unpaired) electrons. The number of nitro groups is 1. The number of rotatable bonds is 3. The molecule has 0 spiro atoms. The highest BCUT2D eigenvalue weighted by atomic mass is 32.2. The van der Waals surface area contributed by atoms with Gasteiger partial charge >= 0.3 is 0 Å². The van der Waals surface area contributed by atoms with Crippen molar-refractivity contribution in [3.8, 4) is 5.69 Å². The van der Waals surface area contributed by atoms with Crippen molar-refractivity contribution in [2.24, 2.45) is 4.99 Å². The summed E-state index contributed by atoms with van der Waals surface area (Å²) < 4.78 is 1.95. The van der Waals surface area contributed by atoms with E-state index in [4.69, 9.17) is 0 Å². The third kappa shape index (κ3) is 3.82. The third-order valence-electron chi connectivity index (χ3n) is 3.98. The predicted molar refractivity (Wildman–Crippen MR) is 104 cm³/mol. The molecule has 1 aromatic carbocycles. The number of non-ortho nitro benzene ring substituents is 1. The summed E-state index contributed by atoms with van der Waals surface area (Å²) in [4.78, 5) is 37.8. The van der Waals surface area contributed by atoms with Crippen LogP contribution in [0.5, 0.6) is 0 Å². The van der Waals surface area contributed by atoms with Crippen LogP contribution in [0.25, 0.3) is 11.8 Å². The van der Waals surface area contributed by atoms with Crippen molar-refractivity contribution in [3.05, 3.63) is 62.3 Å². The number of nitrogens with one attached hydrogen (secondary N) is 1. The number of nitro benzene ring substituents is 1. The van der Waals surface area contributed by atoms with Crippen LogP contribution in [-0.2, 0) is 9.59 Å². The average Bonchev–Trinajstić information content (AvgIpc) is 3.06. The molecule has 1 N–H and O–H groups in total. The lowest BCUT2D eigenvalue weighted by Gasteiger charge is -2.09. The highest BCUT2D eigenvalue weighted by molar-refractivity contribution is 8.18. The standard InChI is InChI=1S/C18H16N4O4S/c1-10-8-13(9-16-17(24)20-18(27-16)19-12(3)23)11(2)21(10)14-4-6-15(7-5-14)22(25)26/h4-9H,1-3H3,(H,19,20,23,24). The summed E-state index contributed by atoms with van der Waals surface area (Å²) in [5.41, 5.74) is 3.46. The van der Waals surface area contributed by atoms with Gasteiger partial charge in [0.25, 0.3) is 11.6 Å². The van der Waals surface area contributed by atoms with Crippen molar-refractivity contribution in [2.45, 2.75) is 20.8 Å². The van der Waals surface area contributed by atoms with Gasteiger partial charge in [0.2, 0.25) is 5.91 Å². The van der Waals surface area contributed by atoms with Gasteiger partial charge in [-0.25, -0.2) is 0 Å². The van der Waals surface area contributed by atoms with Crippen molar-refractivity contribution >= 4 is 40.5 Å². The Labute approximate surface area is 159 Å². The van der Waals surface area contributed by atoms with E-state index in [2.05, 4.69) is 10.3 Å². The minimum Gasteiger partial charge on any atom is -0.318 e. The van der Waals surface area contributed by atoms with E-state index >= 15 is 0 Å². The lowest BCUT2D eigenvalue weighted by molar-refractivity contribution is -0.384. The number of amides is 2. The number of aryl methyl sites for hydroxylation is 1. The summed E-state index contributed by atoms with van der Waals surface area (Å²) in [5.74, 6) is -0.685. The highest BCUT2D eigenvalue weighted by Crippen LogP contribution is 2.30. The Morgan fingerprint density at radius 3 is 2.56 bits per heavy atom. The lowest BCUT2D eigenvalue weighted by atomic mass is 10.2. The Kier molecular flexibility index (Phi) is 4.95.